The van der Waals surface area contributed by atoms with Gasteiger partial charge in [-0.3, -0.25) is 14.5 Å². The minimum atomic E-state index is -1.28. The van der Waals surface area contributed by atoms with E-state index >= 15 is 0 Å². The van der Waals surface area contributed by atoms with E-state index in [1.165, 1.54) is 0 Å². The fourth-order valence-corrected chi connectivity index (χ4v) is 4.42. The van der Waals surface area contributed by atoms with Gasteiger partial charge < -0.3 is 19.8 Å². The molecule has 0 unspecified atom stereocenters. The van der Waals surface area contributed by atoms with Crippen molar-refractivity contribution >= 4 is 39.6 Å². The van der Waals surface area contributed by atoms with Crippen molar-refractivity contribution in [2.75, 3.05) is 13.7 Å². The summed E-state index contributed by atoms with van der Waals surface area (Å²) in [4.78, 5) is 39.7. The van der Waals surface area contributed by atoms with Gasteiger partial charge in [0, 0.05) is 5.39 Å². The Bertz CT molecular complexity index is 1440. The number of imide groups is 1. The van der Waals surface area contributed by atoms with Crippen LogP contribution in [0.3, 0.4) is 0 Å². The summed E-state index contributed by atoms with van der Waals surface area (Å²) in [5, 5.41) is 8.35. The number of carbonyl (C=O) groups excluding carboxylic acids is 3. The molecule has 2 atom stereocenters. The number of nitrogens with one attached hydrogen (secondary N) is 2. The first kappa shape index (κ1) is 22.5. The van der Waals surface area contributed by atoms with Crippen LogP contribution in [0.1, 0.15) is 31.2 Å². The van der Waals surface area contributed by atoms with Gasteiger partial charge >= 0.3 is 6.03 Å². The number of para-hydroxylation sites is 1. The zero-order valence-corrected chi connectivity index (χ0v) is 19.6. The molecule has 1 saturated heterocycles. The van der Waals surface area contributed by atoms with Gasteiger partial charge in [0.15, 0.2) is 0 Å². The zero-order chi connectivity index (χ0) is 24.7. The predicted molar refractivity (Wildman–Crippen MR) is 131 cm³/mol. The van der Waals surface area contributed by atoms with Crippen molar-refractivity contribution in [3.05, 3.63) is 78.1 Å². The Morgan fingerprint density at radius 3 is 2.57 bits per heavy atom. The molecule has 1 aliphatic rings. The number of methoxy groups -OCH3 is 1. The van der Waals surface area contributed by atoms with E-state index < -0.39 is 36.0 Å². The molecule has 8 nitrogen and oxygen atoms in total. The molecule has 1 fully saturated rings. The Labute approximate surface area is 201 Å². The van der Waals surface area contributed by atoms with Crippen molar-refractivity contribution in [3.63, 3.8) is 0 Å². The van der Waals surface area contributed by atoms with E-state index in [9.17, 15) is 14.4 Å². The molecule has 178 valence electrons. The van der Waals surface area contributed by atoms with Crippen LogP contribution in [0.2, 0.25) is 0 Å². The fourth-order valence-electron chi connectivity index (χ4n) is 4.42. The Balaban J connectivity index is 1.31. The van der Waals surface area contributed by atoms with E-state index in [-0.39, 0.29) is 0 Å². The average molecular weight is 472 g/mol. The number of nitrogens with zero attached hydrogens (tertiary/aromatic N) is 1. The van der Waals surface area contributed by atoms with Gasteiger partial charge in [0.25, 0.3) is 5.91 Å². The molecule has 0 aliphatic carbocycles. The highest BCUT2D eigenvalue weighted by Crippen LogP contribution is 2.32. The number of furan rings is 1. The summed E-state index contributed by atoms with van der Waals surface area (Å²) in [6.45, 7) is 3.04. The molecule has 4 amide bonds. The minimum Gasteiger partial charge on any atom is -0.497 e. The molecule has 35 heavy (non-hydrogen) atoms. The first-order chi connectivity index (χ1) is 16.8. The molecule has 8 heteroatoms. The van der Waals surface area contributed by atoms with E-state index in [0.29, 0.717) is 11.3 Å². The number of hydrogen-bond donors (Lipinski definition) is 2. The van der Waals surface area contributed by atoms with Crippen molar-refractivity contribution in [1.82, 2.24) is 15.5 Å². The smallest absolute Gasteiger partial charge is 0.325 e. The molecule has 4 aromatic rings. The maximum absolute atomic E-state index is 13.3. The van der Waals surface area contributed by atoms with E-state index in [4.69, 9.17) is 9.15 Å². The van der Waals surface area contributed by atoms with Crippen molar-refractivity contribution in [2.45, 2.75) is 25.4 Å². The Morgan fingerprint density at radius 1 is 1.06 bits per heavy atom. The Kier molecular flexibility index (Phi) is 5.43. The largest absolute Gasteiger partial charge is 0.497 e. The fraction of sp³-hybridized carbons (Fsp3) is 0.222. The highest BCUT2D eigenvalue weighted by atomic mass is 16.5. The number of benzene rings is 3. The minimum absolute atomic E-state index is 0.393. The lowest BCUT2D eigenvalue weighted by Gasteiger charge is -2.23. The normalized spacial score (nSPS) is 18.7. The Morgan fingerprint density at radius 2 is 1.80 bits per heavy atom. The lowest BCUT2D eigenvalue weighted by Crippen LogP contribution is -2.43. The van der Waals surface area contributed by atoms with Crippen LogP contribution in [0, 0.1) is 0 Å². The summed E-state index contributed by atoms with van der Waals surface area (Å²) < 4.78 is 11.1. The molecule has 1 aromatic heterocycles. The van der Waals surface area contributed by atoms with Crippen LogP contribution in [0.4, 0.5) is 4.79 Å². The summed E-state index contributed by atoms with van der Waals surface area (Å²) in [7, 11) is 1.60. The third-order valence-corrected chi connectivity index (χ3v) is 6.45. The predicted octanol–water partition coefficient (Wildman–Crippen LogP) is 4.24. The summed E-state index contributed by atoms with van der Waals surface area (Å²) >= 11 is 0. The summed E-state index contributed by atoms with van der Waals surface area (Å²) in [6.07, 6.45) is 0. The van der Waals surface area contributed by atoms with Crippen molar-refractivity contribution < 1.29 is 23.5 Å². The monoisotopic (exact) mass is 471 g/mol. The summed E-state index contributed by atoms with van der Waals surface area (Å²) in [6, 6.07) is 19.5. The number of amides is 4. The van der Waals surface area contributed by atoms with Crippen LogP contribution in [0.15, 0.2) is 71.1 Å². The molecule has 2 heterocycles. The number of urea groups is 1. The first-order valence-electron chi connectivity index (χ1n) is 11.3. The van der Waals surface area contributed by atoms with Crippen molar-refractivity contribution in [1.29, 1.82) is 0 Å². The third kappa shape index (κ3) is 3.97. The summed E-state index contributed by atoms with van der Waals surface area (Å²) in [5.74, 6) is 0.378. The van der Waals surface area contributed by atoms with Crippen LogP contribution < -0.4 is 15.4 Å². The van der Waals surface area contributed by atoms with E-state index in [2.05, 4.69) is 10.6 Å². The SMILES string of the molecule is COc1ccc2cc([C@@]3(C)NC(=O)N(CC(=O)N[C@@H](C)c4cc5ccccc5o4)C3=O)ccc2c1. The molecular formula is C27H25N3O5. The van der Waals surface area contributed by atoms with Gasteiger partial charge in [-0.25, -0.2) is 4.79 Å². The Hall–Kier alpha value is -4.33. The quantitative estimate of drug-likeness (QED) is 0.410. The molecular weight excluding hydrogens is 446 g/mol. The third-order valence-electron chi connectivity index (χ3n) is 6.45. The van der Waals surface area contributed by atoms with Crippen LogP contribution in [-0.2, 0) is 15.1 Å². The second-order valence-electron chi connectivity index (χ2n) is 8.85. The van der Waals surface area contributed by atoms with Gasteiger partial charge in [0.2, 0.25) is 5.91 Å². The standard InChI is InChI=1S/C27H25N3O5/c1-16(23-14-19-6-4-5-7-22(19)35-23)28-24(31)15-30-25(32)27(2,29-26(30)33)20-10-8-18-13-21(34-3)11-9-17(18)12-20/h4-14,16H,15H2,1-3H3,(H,28,31)(H,29,33)/t16-,27+/m0/s1. The second-order valence-corrected chi connectivity index (χ2v) is 8.85. The summed E-state index contributed by atoms with van der Waals surface area (Å²) in [5.41, 5.74) is 0.0740. The van der Waals surface area contributed by atoms with Gasteiger partial charge in [-0.05, 0) is 60.5 Å². The highest BCUT2D eigenvalue weighted by molar-refractivity contribution is 6.09. The van der Waals surface area contributed by atoms with E-state index in [1.54, 1.807) is 27.0 Å². The van der Waals surface area contributed by atoms with Gasteiger partial charge in [0.05, 0.1) is 13.2 Å². The van der Waals surface area contributed by atoms with E-state index in [1.807, 2.05) is 60.7 Å². The zero-order valence-electron chi connectivity index (χ0n) is 19.6. The lowest BCUT2D eigenvalue weighted by molar-refractivity contribution is -0.135. The molecule has 0 spiro atoms. The number of ether oxygens (including phenoxy) is 1. The maximum atomic E-state index is 13.3. The first-order valence-corrected chi connectivity index (χ1v) is 11.3. The van der Waals surface area contributed by atoms with Crippen molar-refractivity contribution in [2.24, 2.45) is 0 Å². The molecule has 0 saturated carbocycles. The number of rotatable bonds is 6. The molecule has 0 radical (unpaired) electrons. The molecule has 2 N–H and O–H groups in total. The topological polar surface area (TPSA) is 101 Å². The average Bonchev–Trinajstić information content (AvgIpc) is 3.38. The van der Waals surface area contributed by atoms with Crippen LogP contribution >= 0.6 is 0 Å². The van der Waals surface area contributed by atoms with Gasteiger partial charge in [-0.1, -0.05) is 36.4 Å². The molecule has 3 aromatic carbocycles. The van der Waals surface area contributed by atoms with Gasteiger partial charge in [-0.2, -0.15) is 0 Å². The molecule has 1 aliphatic heterocycles. The number of carbonyl (C=O) groups is 3. The van der Waals surface area contributed by atoms with Gasteiger partial charge in [0.1, 0.15) is 29.2 Å². The van der Waals surface area contributed by atoms with Crippen LogP contribution in [-0.4, -0.2) is 36.4 Å². The van der Waals surface area contributed by atoms with Crippen LogP contribution in [0.25, 0.3) is 21.7 Å². The van der Waals surface area contributed by atoms with Gasteiger partial charge in [-0.15, -0.1) is 0 Å². The highest BCUT2D eigenvalue weighted by Gasteiger charge is 2.49. The number of fused-ring (bicyclic) bond motifs is 2. The lowest BCUT2D eigenvalue weighted by atomic mass is 9.90. The maximum Gasteiger partial charge on any atom is 0.325 e. The molecule has 0 bridgehead atoms. The van der Waals surface area contributed by atoms with Crippen LogP contribution in [0.5, 0.6) is 5.75 Å². The van der Waals surface area contributed by atoms with Crippen molar-refractivity contribution in [3.8, 4) is 5.75 Å². The molecule has 5 rings (SSSR count). The van der Waals surface area contributed by atoms with E-state index in [0.717, 1.165) is 32.4 Å². The second kappa shape index (κ2) is 8.47. The number of hydrogen-bond acceptors (Lipinski definition) is 5.